The first kappa shape index (κ1) is 6.86. The van der Waals surface area contributed by atoms with Crippen LogP contribution in [-0.4, -0.2) is 4.98 Å². The third kappa shape index (κ3) is 1.37. The molecule has 0 fully saturated rings. The molecule has 0 atom stereocenters. The lowest BCUT2D eigenvalue weighted by molar-refractivity contribution is 1.17. The number of terminal acetylenes is 2. The van der Waals surface area contributed by atoms with E-state index in [9.17, 15) is 0 Å². The first-order chi connectivity index (χ1) is 4.86. The molecule has 2 heteroatoms. The van der Waals surface area contributed by atoms with Gasteiger partial charge in [-0.1, -0.05) is 0 Å². The summed E-state index contributed by atoms with van der Waals surface area (Å²) < 4.78 is 0. The Balaban J connectivity index is 2.83. The lowest BCUT2D eigenvalue weighted by Gasteiger charge is -1.79. The molecular weight excluding hydrogens is 142 g/mol. The highest BCUT2D eigenvalue weighted by Crippen LogP contribution is 2.07. The van der Waals surface area contributed by atoms with Crippen LogP contribution in [0.4, 0.5) is 0 Å². The van der Waals surface area contributed by atoms with Gasteiger partial charge in [-0.15, -0.1) is 30.1 Å². The largest absolute Gasteiger partial charge is 0.232 e. The van der Waals surface area contributed by atoms with E-state index in [4.69, 9.17) is 12.8 Å². The minimum Gasteiger partial charge on any atom is -0.232 e. The lowest BCUT2D eigenvalue weighted by Crippen LogP contribution is -1.79. The van der Waals surface area contributed by atoms with Gasteiger partial charge in [0, 0.05) is 5.38 Å². The summed E-state index contributed by atoms with van der Waals surface area (Å²) in [5.74, 6) is 4.94. The van der Waals surface area contributed by atoms with Crippen LogP contribution in [0.5, 0.6) is 0 Å². The monoisotopic (exact) mass is 147 g/mol. The van der Waals surface area contributed by atoms with Crippen molar-refractivity contribution in [1.29, 1.82) is 0 Å². The van der Waals surface area contributed by atoms with Crippen molar-refractivity contribution in [2.75, 3.05) is 0 Å². The zero-order chi connectivity index (χ0) is 7.40. The highest BCUT2D eigenvalue weighted by Gasteiger charge is 1.95. The van der Waals surface area contributed by atoms with Crippen molar-refractivity contribution in [3.05, 3.63) is 16.1 Å². The Kier molecular flexibility index (Phi) is 2.10. The van der Waals surface area contributed by atoms with Gasteiger partial charge in [-0.3, -0.25) is 0 Å². The van der Waals surface area contributed by atoms with Crippen molar-refractivity contribution < 1.29 is 0 Å². The SMILES string of the molecule is C#CCc1csc(C#C)n1. The van der Waals surface area contributed by atoms with Gasteiger partial charge in [0.15, 0.2) is 5.01 Å². The first-order valence-electron chi connectivity index (χ1n) is 2.71. The molecule has 0 saturated heterocycles. The van der Waals surface area contributed by atoms with Crippen LogP contribution in [0, 0.1) is 24.7 Å². The maximum Gasteiger partial charge on any atom is 0.166 e. The smallest absolute Gasteiger partial charge is 0.166 e. The van der Waals surface area contributed by atoms with E-state index in [1.165, 1.54) is 11.3 Å². The summed E-state index contributed by atoms with van der Waals surface area (Å²) >= 11 is 1.45. The molecule has 0 spiro atoms. The number of hydrogen-bond donors (Lipinski definition) is 0. The predicted octanol–water partition coefficient (Wildman–Crippen LogP) is 1.30. The molecule has 0 aliphatic heterocycles. The fraction of sp³-hybridized carbons (Fsp3) is 0.125. The van der Waals surface area contributed by atoms with Crippen LogP contribution in [0.25, 0.3) is 0 Å². The van der Waals surface area contributed by atoms with Gasteiger partial charge in [0.05, 0.1) is 12.1 Å². The second kappa shape index (κ2) is 3.06. The second-order valence-electron chi connectivity index (χ2n) is 1.67. The Hall–Kier alpha value is -1.25. The summed E-state index contributed by atoms with van der Waals surface area (Å²) in [6, 6.07) is 0. The molecule has 10 heavy (non-hydrogen) atoms. The van der Waals surface area contributed by atoms with E-state index in [-0.39, 0.29) is 0 Å². The molecule has 0 amide bonds. The third-order valence-electron chi connectivity index (χ3n) is 0.958. The van der Waals surface area contributed by atoms with Crippen molar-refractivity contribution in [3.8, 4) is 24.7 Å². The van der Waals surface area contributed by atoms with Gasteiger partial charge in [-0.25, -0.2) is 4.98 Å². The minimum atomic E-state index is 0.568. The van der Waals surface area contributed by atoms with E-state index < -0.39 is 0 Å². The lowest BCUT2D eigenvalue weighted by atomic mass is 10.4. The van der Waals surface area contributed by atoms with E-state index in [1.807, 2.05) is 5.38 Å². The van der Waals surface area contributed by atoms with Crippen LogP contribution >= 0.6 is 11.3 Å². The van der Waals surface area contributed by atoms with Crippen LogP contribution < -0.4 is 0 Å². The summed E-state index contributed by atoms with van der Waals surface area (Å²) in [4.78, 5) is 4.06. The van der Waals surface area contributed by atoms with Gasteiger partial charge < -0.3 is 0 Å². The number of nitrogens with zero attached hydrogens (tertiary/aromatic N) is 1. The van der Waals surface area contributed by atoms with Crippen molar-refractivity contribution in [3.63, 3.8) is 0 Å². The van der Waals surface area contributed by atoms with Gasteiger partial charge >= 0.3 is 0 Å². The molecule has 0 radical (unpaired) electrons. The van der Waals surface area contributed by atoms with Gasteiger partial charge in [-0.05, 0) is 5.92 Å². The zero-order valence-corrected chi connectivity index (χ0v) is 6.11. The zero-order valence-electron chi connectivity index (χ0n) is 5.29. The molecule has 0 aliphatic rings. The Morgan fingerprint density at radius 2 is 2.40 bits per heavy atom. The van der Waals surface area contributed by atoms with Crippen LogP contribution in [-0.2, 0) is 6.42 Å². The number of thiazole rings is 1. The normalized spacial score (nSPS) is 8.20. The van der Waals surface area contributed by atoms with Gasteiger partial charge in [0.2, 0.25) is 0 Å². The molecule has 0 N–H and O–H groups in total. The topological polar surface area (TPSA) is 12.9 Å². The Bertz CT molecular complexity index is 298. The van der Waals surface area contributed by atoms with E-state index >= 15 is 0 Å². The van der Waals surface area contributed by atoms with Gasteiger partial charge in [0.1, 0.15) is 0 Å². The van der Waals surface area contributed by atoms with Crippen molar-refractivity contribution >= 4 is 11.3 Å². The molecule has 0 bridgehead atoms. The van der Waals surface area contributed by atoms with Crippen LogP contribution in [0.1, 0.15) is 10.7 Å². The molecule has 0 aromatic carbocycles. The summed E-state index contributed by atoms with van der Waals surface area (Å²) in [5, 5.41) is 2.58. The molecule has 0 aliphatic carbocycles. The molecule has 0 unspecified atom stereocenters. The number of aromatic nitrogens is 1. The average Bonchev–Trinajstić information content (AvgIpc) is 2.37. The second-order valence-corrected chi connectivity index (χ2v) is 2.53. The predicted molar refractivity (Wildman–Crippen MR) is 42.6 cm³/mol. The molecule has 1 aromatic rings. The molecule has 1 nitrogen and oxygen atoms in total. The highest BCUT2D eigenvalue weighted by molar-refractivity contribution is 7.10. The van der Waals surface area contributed by atoms with E-state index in [1.54, 1.807) is 0 Å². The Morgan fingerprint density at radius 3 is 2.90 bits per heavy atom. The molecule has 1 heterocycles. The molecule has 48 valence electrons. The van der Waals surface area contributed by atoms with Gasteiger partial charge in [-0.2, -0.15) is 0 Å². The minimum absolute atomic E-state index is 0.568. The van der Waals surface area contributed by atoms with E-state index in [2.05, 4.69) is 16.8 Å². The standard InChI is InChI=1S/C8H5NS/c1-3-5-7-6-10-8(4-2)9-7/h1-2,6H,5H2. The summed E-state index contributed by atoms with van der Waals surface area (Å²) in [6.07, 6.45) is 10.7. The molecular formula is C8H5NS. The Morgan fingerprint density at radius 1 is 1.60 bits per heavy atom. The Labute approximate surface area is 64.1 Å². The van der Waals surface area contributed by atoms with Crippen LogP contribution in [0.3, 0.4) is 0 Å². The van der Waals surface area contributed by atoms with Crippen LogP contribution in [0.15, 0.2) is 5.38 Å². The van der Waals surface area contributed by atoms with E-state index in [0.29, 0.717) is 11.4 Å². The quantitative estimate of drug-likeness (QED) is 0.546. The molecule has 0 saturated carbocycles. The maximum atomic E-state index is 5.11. The highest BCUT2D eigenvalue weighted by atomic mass is 32.1. The fourth-order valence-corrected chi connectivity index (χ4v) is 1.18. The summed E-state index contributed by atoms with van der Waals surface area (Å²) in [5.41, 5.74) is 0.889. The average molecular weight is 147 g/mol. The van der Waals surface area contributed by atoms with Crippen molar-refractivity contribution in [2.24, 2.45) is 0 Å². The number of rotatable bonds is 1. The number of hydrogen-bond acceptors (Lipinski definition) is 2. The third-order valence-corrected chi connectivity index (χ3v) is 1.78. The fourth-order valence-electron chi connectivity index (χ4n) is 0.559. The van der Waals surface area contributed by atoms with Crippen molar-refractivity contribution in [1.82, 2.24) is 4.98 Å². The van der Waals surface area contributed by atoms with E-state index in [0.717, 1.165) is 5.69 Å². The molecule has 1 rings (SSSR count). The summed E-state index contributed by atoms with van der Waals surface area (Å²) in [7, 11) is 0. The van der Waals surface area contributed by atoms with Gasteiger partial charge in [0.25, 0.3) is 0 Å². The molecule has 1 aromatic heterocycles. The summed E-state index contributed by atoms with van der Waals surface area (Å²) in [6.45, 7) is 0. The maximum absolute atomic E-state index is 5.11. The van der Waals surface area contributed by atoms with Crippen molar-refractivity contribution in [2.45, 2.75) is 6.42 Å². The first-order valence-corrected chi connectivity index (χ1v) is 3.59. The van der Waals surface area contributed by atoms with Crippen LogP contribution in [0.2, 0.25) is 0 Å².